The molecule has 4 rings (SSSR count). The van der Waals surface area contributed by atoms with E-state index in [9.17, 15) is 4.79 Å². The summed E-state index contributed by atoms with van der Waals surface area (Å²) in [6.07, 6.45) is 2.18. The topological polar surface area (TPSA) is 69.5 Å². The number of benzene rings is 2. The number of ether oxygens (including phenoxy) is 2. The van der Waals surface area contributed by atoms with Gasteiger partial charge in [-0.3, -0.25) is 9.69 Å². The van der Waals surface area contributed by atoms with Crippen molar-refractivity contribution in [2.45, 2.75) is 18.5 Å². The molecule has 0 saturated carbocycles. The van der Waals surface area contributed by atoms with Gasteiger partial charge in [-0.05, 0) is 29.7 Å². The van der Waals surface area contributed by atoms with E-state index in [1.807, 2.05) is 59.3 Å². The van der Waals surface area contributed by atoms with E-state index < -0.39 is 0 Å². The van der Waals surface area contributed by atoms with Crippen LogP contribution in [0.4, 0.5) is 5.95 Å². The minimum absolute atomic E-state index is 0.0105. The van der Waals surface area contributed by atoms with Crippen molar-refractivity contribution in [3.63, 3.8) is 0 Å². The molecule has 1 amide bonds. The van der Waals surface area contributed by atoms with Gasteiger partial charge >= 0.3 is 0 Å². The summed E-state index contributed by atoms with van der Waals surface area (Å²) >= 11 is 0. The maximum Gasteiger partial charge on any atom is 0.255 e. The lowest BCUT2D eigenvalue weighted by atomic mass is 9.92. The summed E-state index contributed by atoms with van der Waals surface area (Å²) in [5, 5.41) is 4.42. The SMILES string of the molecule is COCC(=O)N1c2ncnn2[C@H](c2ccc(OC)cc2)C[C@H]1c1ccccc1. The third-order valence-corrected chi connectivity index (χ3v) is 5.04. The molecule has 7 nitrogen and oxygen atoms in total. The second kappa shape index (κ2) is 7.82. The lowest BCUT2D eigenvalue weighted by Crippen LogP contribution is -2.44. The van der Waals surface area contributed by atoms with E-state index in [-0.39, 0.29) is 24.6 Å². The summed E-state index contributed by atoms with van der Waals surface area (Å²) in [5.41, 5.74) is 2.15. The molecule has 3 aromatic rings. The van der Waals surface area contributed by atoms with Crippen LogP contribution in [0.5, 0.6) is 5.75 Å². The largest absolute Gasteiger partial charge is 0.497 e. The van der Waals surface area contributed by atoms with Crippen molar-refractivity contribution < 1.29 is 14.3 Å². The number of carbonyl (C=O) groups is 1. The molecule has 1 aliphatic heterocycles. The number of hydrogen-bond acceptors (Lipinski definition) is 5. The monoisotopic (exact) mass is 378 g/mol. The van der Waals surface area contributed by atoms with Crippen molar-refractivity contribution >= 4 is 11.9 Å². The van der Waals surface area contributed by atoms with Crippen LogP contribution in [0.1, 0.15) is 29.6 Å². The fourth-order valence-corrected chi connectivity index (χ4v) is 3.73. The van der Waals surface area contributed by atoms with Crippen molar-refractivity contribution in [1.29, 1.82) is 0 Å². The van der Waals surface area contributed by atoms with Crippen molar-refractivity contribution in [1.82, 2.24) is 14.8 Å². The van der Waals surface area contributed by atoms with Gasteiger partial charge in [0.2, 0.25) is 5.95 Å². The molecule has 144 valence electrons. The minimum Gasteiger partial charge on any atom is -0.497 e. The summed E-state index contributed by atoms with van der Waals surface area (Å²) in [7, 11) is 3.17. The van der Waals surface area contributed by atoms with Crippen molar-refractivity contribution in [2.75, 3.05) is 25.7 Å². The number of amides is 1. The van der Waals surface area contributed by atoms with Crippen LogP contribution in [0.2, 0.25) is 0 Å². The fraction of sp³-hybridized carbons (Fsp3) is 0.286. The second-order valence-electron chi connectivity index (χ2n) is 6.65. The second-order valence-corrected chi connectivity index (χ2v) is 6.65. The number of anilines is 1. The van der Waals surface area contributed by atoms with Gasteiger partial charge in [0.05, 0.1) is 19.2 Å². The van der Waals surface area contributed by atoms with Crippen molar-refractivity contribution in [3.05, 3.63) is 72.1 Å². The summed E-state index contributed by atoms with van der Waals surface area (Å²) in [6, 6.07) is 17.7. The molecule has 2 atom stereocenters. The number of carbonyl (C=O) groups excluding carboxylic acids is 1. The van der Waals surface area contributed by atoms with E-state index in [0.29, 0.717) is 12.4 Å². The maximum atomic E-state index is 12.9. The normalized spacial score (nSPS) is 18.6. The Morgan fingerprint density at radius 2 is 1.75 bits per heavy atom. The molecule has 2 aromatic carbocycles. The molecule has 0 spiro atoms. The third-order valence-electron chi connectivity index (χ3n) is 5.04. The third kappa shape index (κ3) is 3.25. The predicted molar refractivity (Wildman–Crippen MR) is 104 cm³/mol. The number of methoxy groups -OCH3 is 2. The molecule has 2 heterocycles. The van der Waals surface area contributed by atoms with Gasteiger partial charge in [0.1, 0.15) is 18.7 Å². The fourth-order valence-electron chi connectivity index (χ4n) is 3.73. The number of fused-ring (bicyclic) bond motifs is 1. The summed E-state index contributed by atoms with van der Waals surface area (Å²) in [5.74, 6) is 1.19. The predicted octanol–water partition coefficient (Wildman–Crippen LogP) is 3.00. The van der Waals surface area contributed by atoms with Crippen LogP contribution >= 0.6 is 0 Å². The Morgan fingerprint density at radius 3 is 2.43 bits per heavy atom. The molecule has 0 N–H and O–H groups in total. The summed E-state index contributed by atoms with van der Waals surface area (Å²) in [6.45, 7) is -0.0105. The Labute approximate surface area is 163 Å². The van der Waals surface area contributed by atoms with Crippen LogP contribution in [0.15, 0.2) is 60.9 Å². The zero-order valence-corrected chi connectivity index (χ0v) is 15.9. The molecule has 1 aromatic heterocycles. The average Bonchev–Trinajstić information content (AvgIpc) is 3.23. The minimum atomic E-state index is -0.160. The van der Waals surface area contributed by atoms with Gasteiger partial charge in [-0.1, -0.05) is 42.5 Å². The first-order valence-corrected chi connectivity index (χ1v) is 9.12. The van der Waals surface area contributed by atoms with Crippen LogP contribution in [-0.4, -0.2) is 41.5 Å². The van der Waals surface area contributed by atoms with E-state index in [1.165, 1.54) is 13.4 Å². The summed E-state index contributed by atoms with van der Waals surface area (Å²) in [4.78, 5) is 19.0. The number of aromatic nitrogens is 3. The van der Waals surface area contributed by atoms with Crippen LogP contribution in [0.25, 0.3) is 0 Å². The van der Waals surface area contributed by atoms with Gasteiger partial charge in [0, 0.05) is 7.11 Å². The molecule has 28 heavy (non-hydrogen) atoms. The van der Waals surface area contributed by atoms with Crippen molar-refractivity contribution in [3.8, 4) is 5.75 Å². The number of hydrogen-bond donors (Lipinski definition) is 0. The van der Waals surface area contributed by atoms with Crippen LogP contribution in [0, 0.1) is 0 Å². The molecule has 0 aliphatic carbocycles. The lowest BCUT2D eigenvalue weighted by molar-refractivity contribution is -0.123. The van der Waals surface area contributed by atoms with Crippen molar-refractivity contribution in [2.24, 2.45) is 0 Å². The van der Waals surface area contributed by atoms with Crippen LogP contribution < -0.4 is 9.64 Å². The van der Waals surface area contributed by atoms with Gasteiger partial charge < -0.3 is 9.47 Å². The van der Waals surface area contributed by atoms with Gasteiger partial charge in [-0.2, -0.15) is 10.1 Å². The Hall–Kier alpha value is -3.19. The number of rotatable bonds is 5. The van der Waals surface area contributed by atoms with Gasteiger partial charge in [0.15, 0.2) is 0 Å². The maximum absolute atomic E-state index is 12.9. The van der Waals surface area contributed by atoms with Crippen LogP contribution in [-0.2, 0) is 9.53 Å². The van der Waals surface area contributed by atoms with E-state index in [2.05, 4.69) is 10.1 Å². The Kier molecular flexibility index (Phi) is 5.08. The summed E-state index contributed by atoms with van der Waals surface area (Å²) < 4.78 is 12.2. The molecule has 1 aliphatic rings. The Balaban J connectivity index is 1.79. The molecule has 0 saturated heterocycles. The molecule has 0 fully saturated rings. The Morgan fingerprint density at radius 1 is 1.04 bits per heavy atom. The zero-order chi connectivity index (χ0) is 19.5. The van der Waals surface area contributed by atoms with Crippen LogP contribution in [0.3, 0.4) is 0 Å². The van der Waals surface area contributed by atoms with E-state index in [0.717, 1.165) is 16.9 Å². The van der Waals surface area contributed by atoms with E-state index >= 15 is 0 Å². The Bertz CT molecular complexity index is 940. The molecular formula is C21H22N4O3. The highest BCUT2D eigenvalue weighted by Crippen LogP contribution is 2.41. The zero-order valence-electron chi connectivity index (χ0n) is 15.9. The quantitative estimate of drug-likeness (QED) is 0.683. The highest BCUT2D eigenvalue weighted by molar-refractivity contribution is 5.93. The van der Waals surface area contributed by atoms with E-state index in [1.54, 1.807) is 12.0 Å². The van der Waals surface area contributed by atoms with E-state index in [4.69, 9.17) is 9.47 Å². The smallest absolute Gasteiger partial charge is 0.255 e. The highest BCUT2D eigenvalue weighted by Gasteiger charge is 2.39. The lowest BCUT2D eigenvalue weighted by Gasteiger charge is -2.39. The molecule has 0 unspecified atom stereocenters. The highest BCUT2D eigenvalue weighted by atomic mass is 16.5. The number of nitrogens with zero attached hydrogens (tertiary/aromatic N) is 4. The molecule has 0 bridgehead atoms. The van der Waals surface area contributed by atoms with Gasteiger partial charge in [0.25, 0.3) is 5.91 Å². The standard InChI is InChI=1S/C21H22N4O3/c1-27-13-20(26)24-18(15-6-4-3-5-7-15)12-19(25-21(24)22-14-23-25)16-8-10-17(28-2)11-9-16/h3-11,14,18-19H,12-13H2,1-2H3/t18-,19-/m0/s1. The van der Waals surface area contributed by atoms with Gasteiger partial charge in [-0.15, -0.1) is 0 Å². The molecule has 7 heteroatoms. The first-order chi connectivity index (χ1) is 13.7. The van der Waals surface area contributed by atoms with Gasteiger partial charge in [-0.25, -0.2) is 4.68 Å². The first-order valence-electron chi connectivity index (χ1n) is 9.12. The first kappa shape index (κ1) is 18.2. The molecular weight excluding hydrogens is 356 g/mol. The molecule has 0 radical (unpaired) electrons. The average molecular weight is 378 g/mol.